The molecule has 0 aromatic heterocycles. The minimum atomic E-state index is -0.193. The first kappa shape index (κ1) is 12.6. The maximum atomic E-state index is 12.3. The molecule has 1 aliphatic carbocycles. The molecule has 0 radical (unpaired) electrons. The molecule has 2 atom stereocenters. The second-order valence-electron chi connectivity index (χ2n) is 5.01. The van der Waals surface area contributed by atoms with Crippen molar-refractivity contribution in [2.45, 2.75) is 12.3 Å². The SMILES string of the molecule is COC1=CC(=O)[C@@]2(CS1)C[C@@H]2c1ccc(OC)cc1. The fourth-order valence-corrected chi connectivity index (χ4v) is 3.86. The normalized spacial score (nSPS) is 29.1. The highest BCUT2D eigenvalue weighted by Gasteiger charge is 2.60. The van der Waals surface area contributed by atoms with E-state index in [0.717, 1.165) is 23.0 Å². The Kier molecular flexibility index (Phi) is 3.05. The maximum Gasteiger partial charge on any atom is 0.167 e. The van der Waals surface area contributed by atoms with Crippen molar-refractivity contribution in [1.29, 1.82) is 0 Å². The van der Waals surface area contributed by atoms with Gasteiger partial charge in [0.25, 0.3) is 0 Å². The van der Waals surface area contributed by atoms with Gasteiger partial charge < -0.3 is 9.47 Å². The molecule has 0 unspecified atom stereocenters. The Hall–Kier alpha value is -1.42. The van der Waals surface area contributed by atoms with E-state index in [1.54, 1.807) is 32.1 Å². The first-order valence-electron chi connectivity index (χ1n) is 6.26. The first-order valence-corrected chi connectivity index (χ1v) is 7.25. The lowest BCUT2D eigenvalue weighted by molar-refractivity contribution is -0.119. The van der Waals surface area contributed by atoms with Crippen molar-refractivity contribution in [3.8, 4) is 5.75 Å². The Morgan fingerprint density at radius 2 is 1.95 bits per heavy atom. The van der Waals surface area contributed by atoms with E-state index in [1.807, 2.05) is 12.1 Å². The van der Waals surface area contributed by atoms with Crippen molar-refractivity contribution >= 4 is 17.5 Å². The van der Waals surface area contributed by atoms with E-state index in [4.69, 9.17) is 9.47 Å². The fourth-order valence-electron chi connectivity index (χ4n) is 2.69. The molecule has 1 fully saturated rings. The molecular formula is C15H16O3S. The van der Waals surface area contributed by atoms with Gasteiger partial charge in [0.05, 0.1) is 19.6 Å². The van der Waals surface area contributed by atoms with Crippen molar-refractivity contribution in [3.05, 3.63) is 41.0 Å². The number of carbonyl (C=O) groups excluding carboxylic acids is 1. The van der Waals surface area contributed by atoms with Crippen LogP contribution in [0.15, 0.2) is 35.4 Å². The van der Waals surface area contributed by atoms with Crippen LogP contribution in [0.3, 0.4) is 0 Å². The summed E-state index contributed by atoms with van der Waals surface area (Å²) in [4.78, 5) is 12.3. The van der Waals surface area contributed by atoms with Gasteiger partial charge in [0, 0.05) is 11.8 Å². The maximum absolute atomic E-state index is 12.3. The van der Waals surface area contributed by atoms with E-state index >= 15 is 0 Å². The molecule has 0 bridgehead atoms. The highest BCUT2D eigenvalue weighted by molar-refractivity contribution is 8.03. The Balaban J connectivity index is 1.80. The predicted octanol–water partition coefficient (Wildman–Crippen LogP) is 2.97. The molecule has 3 nitrogen and oxygen atoms in total. The van der Waals surface area contributed by atoms with Gasteiger partial charge in [-0.2, -0.15) is 0 Å². The van der Waals surface area contributed by atoms with E-state index in [0.29, 0.717) is 5.92 Å². The van der Waals surface area contributed by atoms with Gasteiger partial charge in [-0.3, -0.25) is 4.79 Å². The van der Waals surface area contributed by atoms with Gasteiger partial charge >= 0.3 is 0 Å². The quantitative estimate of drug-likeness (QED) is 0.850. The zero-order valence-electron chi connectivity index (χ0n) is 11.0. The molecule has 1 aromatic carbocycles. The number of thioether (sulfide) groups is 1. The molecule has 1 saturated carbocycles. The molecule has 100 valence electrons. The van der Waals surface area contributed by atoms with Crippen molar-refractivity contribution in [2.75, 3.05) is 20.0 Å². The van der Waals surface area contributed by atoms with Gasteiger partial charge in [-0.25, -0.2) is 0 Å². The molecule has 1 spiro atoms. The summed E-state index contributed by atoms with van der Waals surface area (Å²) in [7, 11) is 3.27. The van der Waals surface area contributed by atoms with Crippen LogP contribution in [0.1, 0.15) is 17.9 Å². The summed E-state index contributed by atoms with van der Waals surface area (Å²) >= 11 is 1.64. The smallest absolute Gasteiger partial charge is 0.167 e. The number of hydrogen-bond donors (Lipinski definition) is 0. The summed E-state index contributed by atoms with van der Waals surface area (Å²) in [6, 6.07) is 8.04. The van der Waals surface area contributed by atoms with E-state index in [9.17, 15) is 4.79 Å². The molecule has 0 saturated heterocycles. The summed E-state index contributed by atoms with van der Waals surface area (Å²) < 4.78 is 10.3. The van der Waals surface area contributed by atoms with Crippen molar-refractivity contribution < 1.29 is 14.3 Å². The molecule has 4 heteroatoms. The zero-order chi connectivity index (χ0) is 13.5. The van der Waals surface area contributed by atoms with E-state index in [1.165, 1.54) is 5.56 Å². The number of ketones is 1. The zero-order valence-corrected chi connectivity index (χ0v) is 11.8. The highest BCUT2D eigenvalue weighted by atomic mass is 32.2. The van der Waals surface area contributed by atoms with Crippen LogP contribution in [-0.2, 0) is 9.53 Å². The number of methoxy groups -OCH3 is 2. The van der Waals surface area contributed by atoms with Crippen LogP contribution >= 0.6 is 11.8 Å². The molecule has 0 amide bonds. The average Bonchev–Trinajstić information content (AvgIpc) is 3.18. The van der Waals surface area contributed by atoms with Crippen LogP contribution in [0, 0.1) is 5.41 Å². The van der Waals surface area contributed by atoms with Gasteiger partial charge in [-0.15, -0.1) is 0 Å². The average molecular weight is 276 g/mol. The first-order chi connectivity index (χ1) is 9.19. The van der Waals surface area contributed by atoms with Crippen molar-refractivity contribution in [3.63, 3.8) is 0 Å². The van der Waals surface area contributed by atoms with Crippen LogP contribution < -0.4 is 4.74 Å². The minimum absolute atomic E-state index is 0.193. The molecule has 1 aromatic rings. The minimum Gasteiger partial charge on any atom is -0.497 e. The van der Waals surface area contributed by atoms with Crippen LogP contribution in [0.2, 0.25) is 0 Å². The second kappa shape index (κ2) is 4.60. The summed E-state index contributed by atoms with van der Waals surface area (Å²) in [5.41, 5.74) is 1.03. The van der Waals surface area contributed by atoms with Crippen LogP contribution in [0.25, 0.3) is 0 Å². The molecule has 1 aliphatic heterocycles. The van der Waals surface area contributed by atoms with Gasteiger partial charge in [-0.05, 0) is 30.0 Å². The Morgan fingerprint density at radius 1 is 1.21 bits per heavy atom. The van der Waals surface area contributed by atoms with Crippen LogP contribution in [0.4, 0.5) is 0 Å². The number of benzene rings is 1. The molecule has 0 N–H and O–H groups in total. The third kappa shape index (κ3) is 2.04. The standard InChI is InChI=1S/C15H16O3S/c1-17-11-5-3-10(4-6-11)12-8-15(12)9-19-14(18-2)7-13(15)16/h3-7,12H,8-9H2,1-2H3/t12-,15-/m1/s1. The lowest BCUT2D eigenvalue weighted by Gasteiger charge is -2.20. The summed E-state index contributed by atoms with van der Waals surface area (Å²) in [5.74, 6) is 2.23. The lowest BCUT2D eigenvalue weighted by atomic mass is 9.96. The van der Waals surface area contributed by atoms with Gasteiger partial charge in [-0.1, -0.05) is 23.9 Å². The number of hydrogen-bond acceptors (Lipinski definition) is 4. The Morgan fingerprint density at radius 3 is 2.53 bits per heavy atom. The van der Waals surface area contributed by atoms with Crippen LogP contribution in [0.5, 0.6) is 5.75 Å². The lowest BCUT2D eigenvalue weighted by Crippen LogP contribution is -2.22. The van der Waals surface area contributed by atoms with Crippen LogP contribution in [-0.4, -0.2) is 25.8 Å². The third-order valence-electron chi connectivity index (χ3n) is 4.01. The van der Waals surface area contributed by atoms with Gasteiger partial charge in [0.2, 0.25) is 0 Å². The third-order valence-corrected chi connectivity index (χ3v) is 5.23. The van der Waals surface area contributed by atoms with E-state index < -0.39 is 0 Å². The largest absolute Gasteiger partial charge is 0.497 e. The molecule has 1 heterocycles. The summed E-state index contributed by atoms with van der Waals surface area (Å²) in [6.07, 6.45) is 2.59. The number of carbonyl (C=O) groups is 1. The Bertz CT molecular complexity index is 535. The molecule has 19 heavy (non-hydrogen) atoms. The topological polar surface area (TPSA) is 35.5 Å². The van der Waals surface area contributed by atoms with Crippen molar-refractivity contribution in [1.82, 2.24) is 0 Å². The molecular weight excluding hydrogens is 260 g/mol. The number of allylic oxidation sites excluding steroid dienone is 1. The van der Waals surface area contributed by atoms with Crippen molar-refractivity contribution in [2.24, 2.45) is 5.41 Å². The number of rotatable bonds is 3. The highest BCUT2D eigenvalue weighted by Crippen LogP contribution is 2.63. The van der Waals surface area contributed by atoms with Gasteiger partial charge in [0.15, 0.2) is 10.9 Å². The number of ether oxygens (including phenoxy) is 2. The Labute approximate surface area is 117 Å². The molecule has 2 aliphatic rings. The van der Waals surface area contributed by atoms with Gasteiger partial charge in [0.1, 0.15) is 5.75 Å². The second-order valence-corrected chi connectivity index (χ2v) is 5.99. The summed E-state index contributed by atoms with van der Waals surface area (Å²) in [5, 5.41) is 0.732. The fraction of sp³-hybridized carbons (Fsp3) is 0.400. The monoisotopic (exact) mass is 276 g/mol. The van der Waals surface area contributed by atoms with E-state index in [2.05, 4.69) is 12.1 Å². The predicted molar refractivity (Wildman–Crippen MR) is 75.3 cm³/mol. The van der Waals surface area contributed by atoms with E-state index in [-0.39, 0.29) is 11.2 Å². The molecule has 3 rings (SSSR count). The summed E-state index contributed by atoms with van der Waals surface area (Å²) in [6.45, 7) is 0.